The highest BCUT2D eigenvalue weighted by Gasteiger charge is 1.98. The molecule has 1 rings (SSSR count). The summed E-state index contributed by atoms with van der Waals surface area (Å²) in [6.07, 6.45) is 1.58. The minimum Gasteiger partial charge on any atom is -0.372 e. The summed E-state index contributed by atoms with van der Waals surface area (Å²) in [5.41, 5.74) is 0.956. The zero-order valence-corrected chi connectivity index (χ0v) is 7.60. The zero-order chi connectivity index (χ0) is 9.68. The molecule has 0 aromatic carbocycles. The molecule has 0 aliphatic rings. The van der Waals surface area contributed by atoms with E-state index in [0.717, 1.165) is 5.56 Å². The van der Waals surface area contributed by atoms with Crippen molar-refractivity contribution >= 4 is 0 Å². The van der Waals surface area contributed by atoms with E-state index in [1.165, 1.54) is 13.2 Å². The standard InChI is InChI=1S/C10H10FNO/c1-8-6-9(11)10(12-7-8)4-3-5-13-2/h6-7H,5H2,1-2H3. The average molecular weight is 179 g/mol. The molecule has 0 radical (unpaired) electrons. The zero-order valence-electron chi connectivity index (χ0n) is 7.60. The molecule has 2 nitrogen and oxygen atoms in total. The van der Waals surface area contributed by atoms with Crippen LogP contribution in [-0.4, -0.2) is 18.7 Å². The molecular formula is C10H10FNO. The molecule has 0 spiro atoms. The van der Waals surface area contributed by atoms with Gasteiger partial charge in [0.15, 0.2) is 5.82 Å². The number of hydrogen-bond acceptors (Lipinski definition) is 2. The fourth-order valence-corrected chi connectivity index (χ4v) is 0.818. The normalized spacial score (nSPS) is 9.15. The molecule has 0 aliphatic heterocycles. The lowest BCUT2D eigenvalue weighted by atomic mass is 10.2. The number of pyridine rings is 1. The molecule has 0 amide bonds. The van der Waals surface area contributed by atoms with Gasteiger partial charge in [0.1, 0.15) is 12.3 Å². The molecule has 3 heteroatoms. The largest absolute Gasteiger partial charge is 0.372 e. The number of aryl methyl sites for hydroxylation is 1. The second kappa shape index (κ2) is 4.58. The van der Waals surface area contributed by atoms with E-state index in [9.17, 15) is 4.39 Å². The Hall–Kier alpha value is -1.40. The Bertz CT molecular complexity index is 352. The number of hydrogen-bond donors (Lipinski definition) is 0. The highest BCUT2D eigenvalue weighted by molar-refractivity contribution is 5.30. The maximum absolute atomic E-state index is 13.1. The first-order chi connectivity index (χ1) is 6.24. The third-order valence-corrected chi connectivity index (χ3v) is 1.40. The van der Waals surface area contributed by atoms with Crippen LogP contribution in [0.3, 0.4) is 0 Å². The van der Waals surface area contributed by atoms with Crippen molar-refractivity contribution in [3.63, 3.8) is 0 Å². The fraction of sp³-hybridized carbons (Fsp3) is 0.300. The van der Waals surface area contributed by atoms with Crippen molar-refractivity contribution in [3.8, 4) is 11.8 Å². The van der Waals surface area contributed by atoms with Crippen molar-refractivity contribution in [2.75, 3.05) is 13.7 Å². The first-order valence-electron chi connectivity index (χ1n) is 3.84. The summed E-state index contributed by atoms with van der Waals surface area (Å²) in [4.78, 5) is 3.85. The number of methoxy groups -OCH3 is 1. The van der Waals surface area contributed by atoms with Gasteiger partial charge in [-0.2, -0.15) is 0 Å². The van der Waals surface area contributed by atoms with Crippen LogP contribution in [-0.2, 0) is 4.74 Å². The molecule has 1 aromatic heterocycles. The van der Waals surface area contributed by atoms with E-state index in [0.29, 0.717) is 0 Å². The topological polar surface area (TPSA) is 22.1 Å². The number of ether oxygens (including phenoxy) is 1. The van der Waals surface area contributed by atoms with E-state index in [4.69, 9.17) is 4.74 Å². The molecule has 1 aromatic rings. The van der Waals surface area contributed by atoms with Gasteiger partial charge in [-0.15, -0.1) is 0 Å². The van der Waals surface area contributed by atoms with E-state index in [-0.39, 0.29) is 18.1 Å². The van der Waals surface area contributed by atoms with Crippen LogP contribution in [0, 0.1) is 24.6 Å². The summed E-state index contributed by atoms with van der Waals surface area (Å²) in [6, 6.07) is 1.41. The molecule has 0 bridgehead atoms. The van der Waals surface area contributed by atoms with Crippen LogP contribution >= 0.6 is 0 Å². The molecule has 1 heterocycles. The van der Waals surface area contributed by atoms with E-state index in [1.807, 2.05) is 0 Å². The van der Waals surface area contributed by atoms with Gasteiger partial charge in [-0.3, -0.25) is 0 Å². The van der Waals surface area contributed by atoms with Gasteiger partial charge < -0.3 is 4.74 Å². The third-order valence-electron chi connectivity index (χ3n) is 1.40. The van der Waals surface area contributed by atoms with E-state index >= 15 is 0 Å². The molecule has 0 fully saturated rings. The summed E-state index contributed by atoms with van der Waals surface area (Å²) in [7, 11) is 1.54. The van der Waals surface area contributed by atoms with Crippen molar-refractivity contribution in [1.29, 1.82) is 0 Å². The molecule has 0 atom stereocenters. The first-order valence-corrected chi connectivity index (χ1v) is 3.84. The van der Waals surface area contributed by atoms with Gasteiger partial charge >= 0.3 is 0 Å². The molecule has 0 saturated carbocycles. The second-order valence-electron chi connectivity index (χ2n) is 2.58. The van der Waals surface area contributed by atoms with Gasteiger partial charge in [0.05, 0.1) is 0 Å². The maximum Gasteiger partial charge on any atom is 0.157 e. The number of nitrogens with zero attached hydrogens (tertiary/aromatic N) is 1. The Morgan fingerprint density at radius 3 is 3.00 bits per heavy atom. The van der Waals surface area contributed by atoms with E-state index in [1.54, 1.807) is 13.1 Å². The van der Waals surface area contributed by atoms with Crippen LogP contribution in [0.25, 0.3) is 0 Å². The summed E-state index contributed by atoms with van der Waals surface area (Å²) in [5.74, 6) is 4.83. The van der Waals surface area contributed by atoms with Crippen LogP contribution in [0.4, 0.5) is 4.39 Å². The van der Waals surface area contributed by atoms with Crippen LogP contribution in [0.5, 0.6) is 0 Å². The van der Waals surface area contributed by atoms with Crippen LogP contribution < -0.4 is 0 Å². The predicted octanol–water partition coefficient (Wildman–Crippen LogP) is 1.53. The van der Waals surface area contributed by atoms with E-state index < -0.39 is 0 Å². The van der Waals surface area contributed by atoms with Gasteiger partial charge in [0.25, 0.3) is 0 Å². The fourth-order valence-electron chi connectivity index (χ4n) is 0.818. The average Bonchev–Trinajstić information content (AvgIpc) is 2.09. The number of halogens is 1. The Morgan fingerprint density at radius 1 is 1.62 bits per heavy atom. The lowest BCUT2D eigenvalue weighted by molar-refractivity contribution is 0.240. The second-order valence-corrected chi connectivity index (χ2v) is 2.58. The SMILES string of the molecule is COCC#Cc1ncc(C)cc1F. The maximum atomic E-state index is 13.1. The highest BCUT2D eigenvalue weighted by Crippen LogP contribution is 2.04. The van der Waals surface area contributed by atoms with Gasteiger partial charge in [-0.25, -0.2) is 9.37 Å². The van der Waals surface area contributed by atoms with Crippen LogP contribution in [0.15, 0.2) is 12.3 Å². The van der Waals surface area contributed by atoms with E-state index in [2.05, 4.69) is 16.8 Å². The minimum atomic E-state index is -0.386. The molecule has 0 N–H and O–H groups in total. The smallest absolute Gasteiger partial charge is 0.157 e. The first kappa shape index (κ1) is 9.69. The van der Waals surface area contributed by atoms with Gasteiger partial charge in [0, 0.05) is 13.3 Å². The lowest BCUT2D eigenvalue weighted by Gasteiger charge is -1.94. The van der Waals surface area contributed by atoms with Crippen LogP contribution in [0.1, 0.15) is 11.3 Å². The lowest BCUT2D eigenvalue weighted by Crippen LogP contribution is -1.91. The van der Waals surface area contributed by atoms with Crippen molar-refractivity contribution < 1.29 is 9.13 Å². The Balaban J connectivity index is 2.85. The van der Waals surface area contributed by atoms with Crippen molar-refractivity contribution in [3.05, 3.63) is 29.3 Å². The highest BCUT2D eigenvalue weighted by atomic mass is 19.1. The quantitative estimate of drug-likeness (QED) is 0.610. The molecule has 68 valence electrons. The molecule has 13 heavy (non-hydrogen) atoms. The summed E-state index contributed by atoms with van der Waals surface area (Å²) < 4.78 is 17.8. The van der Waals surface area contributed by atoms with Gasteiger partial charge in [-0.1, -0.05) is 5.92 Å². The van der Waals surface area contributed by atoms with Crippen molar-refractivity contribution in [1.82, 2.24) is 4.98 Å². The molecule has 0 unspecified atom stereocenters. The predicted molar refractivity (Wildman–Crippen MR) is 47.7 cm³/mol. The van der Waals surface area contributed by atoms with Crippen molar-refractivity contribution in [2.24, 2.45) is 0 Å². The number of rotatable bonds is 1. The number of aromatic nitrogens is 1. The van der Waals surface area contributed by atoms with Crippen LogP contribution in [0.2, 0.25) is 0 Å². The monoisotopic (exact) mass is 179 g/mol. The molecule has 0 aliphatic carbocycles. The molecule has 0 saturated heterocycles. The van der Waals surface area contributed by atoms with Gasteiger partial charge in [0.2, 0.25) is 0 Å². The summed E-state index contributed by atoms with van der Waals surface area (Å²) in [6.45, 7) is 2.07. The Kier molecular flexibility index (Phi) is 3.41. The third kappa shape index (κ3) is 2.85. The van der Waals surface area contributed by atoms with Gasteiger partial charge in [-0.05, 0) is 24.5 Å². The minimum absolute atomic E-state index is 0.169. The summed E-state index contributed by atoms with van der Waals surface area (Å²) >= 11 is 0. The Labute approximate surface area is 76.8 Å². The summed E-state index contributed by atoms with van der Waals surface area (Å²) in [5, 5.41) is 0. The van der Waals surface area contributed by atoms with Crippen molar-refractivity contribution in [2.45, 2.75) is 6.92 Å². The molecular weight excluding hydrogens is 169 g/mol. The Morgan fingerprint density at radius 2 is 2.38 bits per heavy atom.